The molecule has 0 radical (unpaired) electrons. The fourth-order valence-corrected chi connectivity index (χ4v) is 6.19. The minimum atomic E-state index is -0.840. The molecule has 0 saturated carbocycles. The molecule has 0 aliphatic carbocycles. The molecule has 0 bridgehead atoms. The summed E-state index contributed by atoms with van der Waals surface area (Å²) in [4.78, 5) is 0. The molecule has 0 aromatic heterocycles. The maximum Gasteiger partial charge on any atom is 0.494 e. The Hall–Kier alpha value is -4.63. The van der Waals surface area contributed by atoms with Crippen LogP contribution in [0.25, 0.3) is 22.3 Å². The second-order valence-electron chi connectivity index (χ2n) is 12.3. The highest BCUT2D eigenvalue weighted by atomic mass is 16.7. The molecule has 4 nitrogen and oxygen atoms in total. The van der Waals surface area contributed by atoms with Crippen LogP contribution in [0.15, 0.2) is 121 Å². The molecule has 2 aliphatic rings. The fraction of sp³-hybridized carbons (Fsp3) is 0.184. The van der Waals surface area contributed by atoms with Crippen LogP contribution in [-0.2, 0) is 14.9 Å². The highest BCUT2D eigenvalue weighted by Gasteiger charge is 2.52. The maximum atomic E-state index is 9.95. The van der Waals surface area contributed by atoms with Crippen molar-refractivity contribution in [3.05, 3.63) is 144 Å². The van der Waals surface area contributed by atoms with Gasteiger partial charge in [-0.2, -0.15) is 5.26 Å². The second-order valence-corrected chi connectivity index (χ2v) is 12.3. The average molecular weight is 561 g/mol. The maximum absolute atomic E-state index is 9.95. The number of fused-ring (bicyclic) bond motifs is 3. The first-order valence-electron chi connectivity index (χ1n) is 14.7. The molecule has 0 N–H and O–H groups in total. The number of rotatable bonds is 4. The van der Waals surface area contributed by atoms with Crippen molar-refractivity contribution in [2.75, 3.05) is 0 Å². The first-order chi connectivity index (χ1) is 20.7. The first-order valence-corrected chi connectivity index (χ1v) is 14.7. The zero-order chi connectivity index (χ0) is 29.8. The van der Waals surface area contributed by atoms with E-state index in [2.05, 4.69) is 103 Å². The van der Waals surface area contributed by atoms with E-state index in [0.29, 0.717) is 5.56 Å². The second kappa shape index (κ2) is 9.99. The number of nitriles is 1. The van der Waals surface area contributed by atoms with Gasteiger partial charge in [-0.05, 0) is 68.0 Å². The third-order valence-corrected chi connectivity index (χ3v) is 9.15. The van der Waals surface area contributed by atoms with Crippen LogP contribution in [0, 0.1) is 11.3 Å². The third-order valence-electron chi connectivity index (χ3n) is 9.15. The molecular formula is C38H32BNO3. The van der Waals surface area contributed by atoms with Crippen LogP contribution in [-0.4, -0.2) is 18.3 Å². The van der Waals surface area contributed by atoms with Crippen LogP contribution < -0.4 is 10.2 Å². The summed E-state index contributed by atoms with van der Waals surface area (Å²) in [5.74, 6) is 0.781. The molecule has 1 fully saturated rings. The van der Waals surface area contributed by atoms with Crippen molar-refractivity contribution in [1.29, 1.82) is 5.26 Å². The van der Waals surface area contributed by atoms with Gasteiger partial charge in [-0.15, -0.1) is 0 Å². The van der Waals surface area contributed by atoms with Gasteiger partial charge in [0.05, 0.1) is 22.8 Å². The third kappa shape index (κ3) is 4.38. The zero-order valence-electron chi connectivity index (χ0n) is 24.8. The van der Waals surface area contributed by atoms with E-state index >= 15 is 0 Å². The lowest BCUT2D eigenvalue weighted by Crippen LogP contribution is -2.41. The molecular weight excluding hydrogens is 529 g/mol. The van der Waals surface area contributed by atoms with Crippen molar-refractivity contribution in [1.82, 2.24) is 0 Å². The van der Waals surface area contributed by atoms with E-state index in [1.807, 2.05) is 52.0 Å². The van der Waals surface area contributed by atoms with Gasteiger partial charge in [-0.25, -0.2) is 0 Å². The molecule has 0 amide bonds. The van der Waals surface area contributed by atoms with E-state index in [9.17, 15) is 5.26 Å². The van der Waals surface area contributed by atoms with Crippen molar-refractivity contribution in [2.45, 2.75) is 44.5 Å². The molecule has 5 aromatic rings. The molecule has 7 rings (SSSR count). The Bertz CT molecular complexity index is 1820. The first kappa shape index (κ1) is 27.2. The van der Waals surface area contributed by atoms with Gasteiger partial charge in [0.2, 0.25) is 0 Å². The summed E-state index contributed by atoms with van der Waals surface area (Å²) in [6.07, 6.45) is 0. The SMILES string of the molecule is CC1(C)OB(c2cc(C#N)cc(-c3ccc4c(c3)OC(c3ccccc3)(c3ccccc3)c3ccccc3-4)c2)OC1(C)C. The minimum Gasteiger partial charge on any atom is -0.472 e. The smallest absolute Gasteiger partial charge is 0.472 e. The Morgan fingerprint density at radius 2 is 1.21 bits per heavy atom. The number of hydrogen-bond donors (Lipinski definition) is 0. The van der Waals surface area contributed by atoms with Crippen molar-refractivity contribution in [2.24, 2.45) is 0 Å². The molecule has 0 unspecified atom stereocenters. The number of hydrogen-bond acceptors (Lipinski definition) is 4. The van der Waals surface area contributed by atoms with Crippen molar-refractivity contribution in [3.63, 3.8) is 0 Å². The van der Waals surface area contributed by atoms with Crippen LogP contribution in [0.5, 0.6) is 5.75 Å². The molecule has 43 heavy (non-hydrogen) atoms. The monoisotopic (exact) mass is 561 g/mol. The normalized spacial score (nSPS) is 17.3. The summed E-state index contributed by atoms with van der Waals surface area (Å²) in [6.45, 7) is 8.14. The summed E-state index contributed by atoms with van der Waals surface area (Å²) in [5, 5.41) is 9.95. The van der Waals surface area contributed by atoms with Gasteiger partial charge in [0.25, 0.3) is 0 Å². The van der Waals surface area contributed by atoms with Crippen molar-refractivity contribution < 1.29 is 14.0 Å². The lowest BCUT2D eigenvalue weighted by atomic mass is 9.75. The van der Waals surface area contributed by atoms with Crippen LogP contribution >= 0.6 is 0 Å². The number of benzene rings is 5. The molecule has 0 atom stereocenters. The summed E-state index contributed by atoms with van der Waals surface area (Å²) >= 11 is 0. The largest absolute Gasteiger partial charge is 0.494 e. The van der Waals surface area contributed by atoms with Gasteiger partial charge in [0, 0.05) is 22.3 Å². The predicted octanol–water partition coefficient (Wildman–Crippen LogP) is 7.88. The van der Waals surface area contributed by atoms with Crippen molar-refractivity contribution >= 4 is 12.6 Å². The Morgan fingerprint density at radius 1 is 0.605 bits per heavy atom. The van der Waals surface area contributed by atoms with Gasteiger partial charge < -0.3 is 14.0 Å². The van der Waals surface area contributed by atoms with Gasteiger partial charge in [-0.1, -0.05) is 103 Å². The predicted molar refractivity (Wildman–Crippen MR) is 171 cm³/mol. The Morgan fingerprint density at radius 3 is 1.84 bits per heavy atom. The molecule has 2 heterocycles. The molecule has 1 saturated heterocycles. The summed E-state index contributed by atoms with van der Waals surface area (Å²) in [7, 11) is -0.568. The minimum absolute atomic E-state index is 0.480. The summed E-state index contributed by atoms with van der Waals surface area (Å²) < 4.78 is 19.9. The molecule has 210 valence electrons. The van der Waals surface area contributed by atoms with E-state index in [1.165, 1.54) is 0 Å². The van der Waals surface area contributed by atoms with Crippen LogP contribution in [0.3, 0.4) is 0 Å². The van der Waals surface area contributed by atoms with Gasteiger partial charge in [0.15, 0.2) is 5.60 Å². The number of nitrogens with zero attached hydrogens (tertiary/aromatic N) is 1. The average Bonchev–Trinajstić information content (AvgIpc) is 3.27. The quantitative estimate of drug-likeness (QED) is 0.210. The van der Waals surface area contributed by atoms with Gasteiger partial charge in [-0.3, -0.25) is 0 Å². The van der Waals surface area contributed by atoms with Crippen LogP contribution in [0.2, 0.25) is 0 Å². The molecule has 2 aliphatic heterocycles. The van der Waals surface area contributed by atoms with E-state index < -0.39 is 23.9 Å². The van der Waals surface area contributed by atoms with Crippen LogP contribution in [0.4, 0.5) is 0 Å². The molecule has 5 heteroatoms. The molecule has 5 aromatic carbocycles. The lowest BCUT2D eigenvalue weighted by Gasteiger charge is -2.41. The van der Waals surface area contributed by atoms with Crippen molar-refractivity contribution in [3.8, 4) is 34.1 Å². The Balaban J connectivity index is 1.39. The fourth-order valence-electron chi connectivity index (χ4n) is 6.19. The zero-order valence-corrected chi connectivity index (χ0v) is 24.8. The molecule has 0 spiro atoms. The highest BCUT2D eigenvalue weighted by molar-refractivity contribution is 6.62. The van der Waals surface area contributed by atoms with Gasteiger partial charge in [0.1, 0.15) is 5.75 Å². The van der Waals surface area contributed by atoms with E-state index in [0.717, 1.165) is 50.2 Å². The van der Waals surface area contributed by atoms with Gasteiger partial charge >= 0.3 is 7.12 Å². The standard InChI is InChI=1S/C38H32BNO3/c1-36(2)37(3,4)43-39(42-36)31-22-26(25-40)21-28(23-31)27-19-20-33-32-17-11-12-18-34(32)38(41-35(33)24-27,29-13-7-5-8-14-29)30-15-9-6-10-16-30/h5-24H,1-4H3. The summed E-state index contributed by atoms with van der Waals surface area (Å²) in [6, 6.07) is 43.8. The van der Waals surface area contributed by atoms with E-state index in [4.69, 9.17) is 14.0 Å². The highest BCUT2D eigenvalue weighted by Crippen LogP contribution is 2.52. The van der Waals surface area contributed by atoms with E-state index in [1.54, 1.807) is 0 Å². The Kier molecular flexibility index (Phi) is 6.32. The van der Waals surface area contributed by atoms with Crippen LogP contribution in [0.1, 0.15) is 49.9 Å². The van der Waals surface area contributed by atoms with E-state index in [-0.39, 0.29) is 0 Å². The topological polar surface area (TPSA) is 51.5 Å². The lowest BCUT2D eigenvalue weighted by molar-refractivity contribution is 0.00578. The Labute approximate surface area is 253 Å². The number of ether oxygens (including phenoxy) is 1. The summed E-state index contributed by atoms with van der Waals surface area (Å²) in [5.41, 5.74) is 6.79.